The second-order valence-corrected chi connectivity index (χ2v) is 8.21. The summed E-state index contributed by atoms with van der Waals surface area (Å²) in [5.41, 5.74) is 1.29. The number of hydrogen-bond donors (Lipinski definition) is 2. The van der Waals surface area contributed by atoms with Crippen molar-refractivity contribution in [3.8, 4) is 0 Å². The van der Waals surface area contributed by atoms with E-state index in [0.29, 0.717) is 6.54 Å². The van der Waals surface area contributed by atoms with Crippen molar-refractivity contribution in [2.24, 2.45) is 17.8 Å². The van der Waals surface area contributed by atoms with Crippen LogP contribution in [-0.4, -0.2) is 27.9 Å². The molecule has 0 aliphatic heterocycles. The van der Waals surface area contributed by atoms with E-state index in [1.807, 2.05) is 24.0 Å². The Kier molecular flexibility index (Phi) is 3.82. The molecule has 4 aliphatic rings. The minimum absolute atomic E-state index is 0.0311. The van der Waals surface area contributed by atoms with Gasteiger partial charge in [0.25, 0.3) is 0 Å². The van der Waals surface area contributed by atoms with Gasteiger partial charge in [0, 0.05) is 24.8 Å². The van der Waals surface area contributed by atoms with Crippen LogP contribution in [0.4, 0.5) is 4.79 Å². The van der Waals surface area contributed by atoms with Crippen LogP contribution in [0.2, 0.25) is 0 Å². The Morgan fingerprint density at radius 3 is 2.48 bits per heavy atom. The highest BCUT2D eigenvalue weighted by molar-refractivity contribution is 5.74. The Hall–Kier alpha value is -1.52. The third-order valence-corrected chi connectivity index (χ3v) is 6.03. The van der Waals surface area contributed by atoms with Crippen molar-refractivity contribution in [1.29, 1.82) is 0 Å². The minimum atomic E-state index is 0.0311. The van der Waals surface area contributed by atoms with Crippen LogP contribution >= 0.6 is 0 Å². The zero-order valence-corrected chi connectivity index (χ0v) is 14.1. The largest absolute Gasteiger partial charge is 0.338 e. The van der Waals surface area contributed by atoms with Gasteiger partial charge in [0.05, 0.1) is 6.20 Å². The molecule has 2 N–H and O–H groups in total. The van der Waals surface area contributed by atoms with E-state index in [1.165, 1.54) is 44.1 Å². The molecule has 4 saturated carbocycles. The SMILES string of the molecule is Cc1cnn(CCCNC(=O)NC23CC4CC(CC(C4)C2)C3)c1. The smallest absolute Gasteiger partial charge is 0.315 e. The van der Waals surface area contributed by atoms with Crippen LogP contribution in [0, 0.1) is 24.7 Å². The van der Waals surface area contributed by atoms with Crippen LogP contribution in [0.1, 0.15) is 50.5 Å². The molecule has 0 saturated heterocycles. The van der Waals surface area contributed by atoms with E-state index in [4.69, 9.17) is 0 Å². The van der Waals surface area contributed by atoms with Crippen molar-refractivity contribution in [3.63, 3.8) is 0 Å². The molecule has 1 heterocycles. The summed E-state index contributed by atoms with van der Waals surface area (Å²) in [6, 6.07) is 0.0311. The van der Waals surface area contributed by atoms with Crippen molar-refractivity contribution in [2.45, 2.75) is 64.0 Å². The van der Waals surface area contributed by atoms with Gasteiger partial charge in [-0.15, -0.1) is 0 Å². The first-order valence-corrected chi connectivity index (χ1v) is 9.15. The summed E-state index contributed by atoms with van der Waals surface area (Å²) in [5, 5.41) is 10.7. The summed E-state index contributed by atoms with van der Waals surface area (Å²) in [5.74, 6) is 2.60. The van der Waals surface area contributed by atoms with Gasteiger partial charge in [-0.1, -0.05) is 0 Å². The molecule has 0 radical (unpaired) electrons. The first-order valence-electron chi connectivity index (χ1n) is 9.15. The number of carbonyl (C=O) groups is 1. The second kappa shape index (κ2) is 5.84. The number of aromatic nitrogens is 2. The Morgan fingerprint density at radius 2 is 1.91 bits per heavy atom. The van der Waals surface area contributed by atoms with Crippen molar-refractivity contribution in [1.82, 2.24) is 20.4 Å². The molecule has 4 aliphatic carbocycles. The van der Waals surface area contributed by atoms with Gasteiger partial charge >= 0.3 is 6.03 Å². The molecule has 4 fully saturated rings. The molecule has 0 atom stereocenters. The number of nitrogens with zero attached hydrogens (tertiary/aromatic N) is 2. The molecule has 1 aromatic heterocycles. The van der Waals surface area contributed by atoms with E-state index in [2.05, 4.69) is 15.7 Å². The fourth-order valence-electron chi connectivity index (χ4n) is 5.58. The van der Waals surface area contributed by atoms with Crippen LogP contribution in [-0.2, 0) is 6.54 Å². The van der Waals surface area contributed by atoms with E-state index in [9.17, 15) is 4.79 Å². The lowest BCUT2D eigenvalue weighted by Gasteiger charge is -2.56. The second-order valence-electron chi connectivity index (χ2n) is 8.21. The fourth-order valence-corrected chi connectivity index (χ4v) is 5.58. The Balaban J connectivity index is 1.23. The third kappa shape index (κ3) is 3.24. The number of rotatable bonds is 5. The molecule has 4 bridgehead atoms. The molecule has 126 valence electrons. The number of urea groups is 1. The summed E-state index contributed by atoms with van der Waals surface area (Å²) < 4.78 is 1.94. The Bertz CT molecular complexity index is 544. The highest BCUT2D eigenvalue weighted by atomic mass is 16.2. The number of hydrogen-bond acceptors (Lipinski definition) is 2. The van der Waals surface area contributed by atoms with E-state index < -0.39 is 0 Å². The quantitative estimate of drug-likeness (QED) is 0.821. The minimum Gasteiger partial charge on any atom is -0.338 e. The standard InChI is InChI=1S/C18H28N4O/c1-13-11-20-22(12-13)4-2-3-19-17(23)21-18-8-14-5-15(9-18)7-16(6-14)10-18/h11-12,14-16H,2-10H2,1H3,(H2,19,21,23). The predicted molar refractivity (Wildman–Crippen MR) is 89.0 cm³/mol. The Morgan fingerprint density at radius 1 is 1.26 bits per heavy atom. The third-order valence-electron chi connectivity index (χ3n) is 6.03. The Labute approximate surface area is 138 Å². The van der Waals surface area contributed by atoms with Gasteiger partial charge < -0.3 is 10.6 Å². The highest BCUT2D eigenvalue weighted by Gasteiger charge is 2.51. The van der Waals surface area contributed by atoms with E-state index in [0.717, 1.165) is 30.7 Å². The lowest BCUT2D eigenvalue weighted by Crippen LogP contribution is -2.61. The molecule has 0 unspecified atom stereocenters. The van der Waals surface area contributed by atoms with Gasteiger partial charge in [-0.3, -0.25) is 4.68 Å². The van der Waals surface area contributed by atoms with Gasteiger partial charge in [0.1, 0.15) is 0 Å². The molecule has 0 aromatic carbocycles. The lowest BCUT2D eigenvalue weighted by molar-refractivity contribution is -0.0135. The van der Waals surface area contributed by atoms with Gasteiger partial charge in [0.15, 0.2) is 0 Å². The zero-order chi connectivity index (χ0) is 15.9. The molecule has 23 heavy (non-hydrogen) atoms. The zero-order valence-electron chi connectivity index (χ0n) is 14.1. The number of aryl methyl sites for hydroxylation is 2. The molecular formula is C18H28N4O. The molecule has 1 aromatic rings. The molecule has 5 nitrogen and oxygen atoms in total. The molecule has 5 rings (SSSR count). The maximum absolute atomic E-state index is 12.3. The number of nitrogens with one attached hydrogen (secondary N) is 2. The summed E-state index contributed by atoms with van der Waals surface area (Å²) in [6.45, 7) is 3.60. The van der Waals surface area contributed by atoms with Gasteiger partial charge in [-0.2, -0.15) is 5.10 Å². The topological polar surface area (TPSA) is 59.0 Å². The molecule has 2 amide bonds. The number of amides is 2. The van der Waals surface area contributed by atoms with Crippen molar-refractivity contribution >= 4 is 6.03 Å². The van der Waals surface area contributed by atoms with Crippen molar-refractivity contribution in [3.05, 3.63) is 18.0 Å². The van der Waals surface area contributed by atoms with E-state index >= 15 is 0 Å². The first kappa shape index (κ1) is 15.0. The monoisotopic (exact) mass is 316 g/mol. The van der Waals surface area contributed by atoms with Gasteiger partial charge in [-0.25, -0.2) is 4.79 Å². The summed E-state index contributed by atoms with van der Waals surface area (Å²) in [6.07, 6.45) is 12.7. The predicted octanol–water partition coefficient (Wildman–Crippen LogP) is 2.85. The van der Waals surface area contributed by atoms with Crippen LogP contribution in [0.15, 0.2) is 12.4 Å². The summed E-state index contributed by atoms with van der Waals surface area (Å²) in [7, 11) is 0. The van der Waals surface area contributed by atoms with Crippen LogP contribution in [0.5, 0.6) is 0 Å². The normalized spacial score (nSPS) is 34.6. The molecule has 5 heteroatoms. The number of carbonyl (C=O) groups excluding carboxylic acids is 1. The average Bonchev–Trinajstić information content (AvgIpc) is 2.87. The summed E-state index contributed by atoms with van der Waals surface area (Å²) in [4.78, 5) is 12.3. The fraction of sp³-hybridized carbons (Fsp3) is 0.778. The average molecular weight is 316 g/mol. The maximum Gasteiger partial charge on any atom is 0.315 e. The molecule has 0 spiro atoms. The van der Waals surface area contributed by atoms with Gasteiger partial charge in [-0.05, 0) is 75.2 Å². The van der Waals surface area contributed by atoms with Crippen LogP contribution in [0.3, 0.4) is 0 Å². The molecular weight excluding hydrogens is 288 g/mol. The lowest BCUT2D eigenvalue weighted by atomic mass is 9.53. The maximum atomic E-state index is 12.3. The van der Waals surface area contributed by atoms with Crippen LogP contribution < -0.4 is 10.6 Å². The summed E-state index contributed by atoms with van der Waals surface area (Å²) >= 11 is 0. The van der Waals surface area contributed by atoms with Crippen molar-refractivity contribution < 1.29 is 4.79 Å². The first-order chi connectivity index (χ1) is 11.1. The van der Waals surface area contributed by atoms with E-state index in [-0.39, 0.29) is 11.6 Å². The van der Waals surface area contributed by atoms with Gasteiger partial charge in [0.2, 0.25) is 0 Å². The highest BCUT2D eigenvalue weighted by Crippen LogP contribution is 2.55. The van der Waals surface area contributed by atoms with Crippen LogP contribution in [0.25, 0.3) is 0 Å². The van der Waals surface area contributed by atoms with Crippen molar-refractivity contribution in [2.75, 3.05) is 6.54 Å². The van der Waals surface area contributed by atoms with E-state index in [1.54, 1.807) is 0 Å².